The van der Waals surface area contributed by atoms with Crippen molar-refractivity contribution in [2.24, 2.45) is 0 Å². The molecule has 0 saturated heterocycles. The number of ether oxygens (including phenoxy) is 1. The normalized spacial score (nSPS) is 11.8. The summed E-state index contributed by atoms with van der Waals surface area (Å²) >= 11 is 0. The van der Waals surface area contributed by atoms with Gasteiger partial charge in [-0.1, -0.05) is 38.1 Å². The Balaban J connectivity index is 2.07. The monoisotopic (exact) mass is 388 g/mol. The predicted octanol–water partition coefficient (Wildman–Crippen LogP) is 6.65. The average Bonchev–Trinajstić information content (AvgIpc) is 3.08. The maximum absolute atomic E-state index is 12.5. The van der Waals surface area contributed by atoms with Gasteiger partial charge in [0.05, 0.1) is 11.4 Å². The second-order valence-corrected chi connectivity index (χ2v) is 6.76. The fourth-order valence-electron chi connectivity index (χ4n) is 3.42. The number of hydrogen-bond donors (Lipinski definition) is 0. The highest BCUT2D eigenvalue weighted by Crippen LogP contribution is 2.34. The van der Waals surface area contributed by atoms with E-state index in [-0.39, 0.29) is 5.75 Å². The number of hydrogen-bond acceptors (Lipinski definition) is 2. The number of aryl methyl sites for hydroxylation is 1. The number of nitrogens with zero attached hydrogens (tertiary/aromatic N) is 2. The van der Waals surface area contributed by atoms with Crippen LogP contribution in [0.1, 0.15) is 43.9 Å². The van der Waals surface area contributed by atoms with Crippen LogP contribution in [0.2, 0.25) is 0 Å². The largest absolute Gasteiger partial charge is 0.573 e. The van der Waals surface area contributed by atoms with Crippen molar-refractivity contribution in [3.8, 4) is 22.6 Å². The Kier molecular flexibility index (Phi) is 5.77. The van der Waals surface area contributed by atoms with Crippen LogP contribution in [0.5, 0.6) is 5.75 Å². The molecule has 0 spiro atoms. The van der Waals surface area contributed by atoms with Gasteiger partial charge in [-0.25, -0.2) is 4.68 Å². The zero-order valence-electron chi connectivity index (χ0n) is 16.1. The third-order valence-electron chi connectivity index (χ3n) is 4.83. The van der Waals surface area contributed by atoms with E-state index in [0.29, 0.717) is 11.5 Å². The summed E-state index contributed by atoms with van der Waals surface area (Å²) in [5.74, 6) is 0.152. The van der Waals surface area contributed by atoms with Gasteiger partial charge in [0.15, 0.2) is 0 Å². The highest BCUT2D eigenvalue weighted by molar-refractivity contribution is 5.69. The molecule has 0 fully saturated rings. The Morgan fingerprint density at radius 3 is 2.32 bits per heavy atom. The Morgan fingerprint density at radius 1 is 1.00 bits per heavy atom. The second kappa shape index (κ2) is 8.09. The summed E-state index contributed by atoms with van der Waals surface area (Å²) in [4.78, 5) is 0. The maximum atomic E-state index is 12.5. The first-order valence-electron chi connectivity index (χ1n) is 9.33. The minimum absolute atomic E-state index is 0.231. The van der Waals surface area contributed by atoms with Gasteiger partial charge in [-0.15, -0.1) is 13.2 Å². The first-order valence-corrected chi connectivity index (χ1v) is 9.33. The van der Waals surface area contributed by atoms with Crippen LogP contribution in [0.3, 0.4) is 0 Å². The van der Waals surface area contributed by atoms with Gasteiger partial charge in [-0.3, -0.25) is 0 Å². The van der Waals surface area contributed by atoms with Crippen molar-refractivity contribution in [2.75, 3.05) is 0 Å². The average molecular weight is 388 g/mol. The van der Waals surface area contributed by atoms with Crippen LogP contribution in [0.4, 0.5) is 13.2 Å². The van der Waals surface area contributed by atoms with Crippen molar-refractivity contribution >= 4 is 0 Å². The number of benzene rings is 2. The van der Waals surface area contributed by atoms with Crippen molar-refractivity contribution in [3.05, 3.63) is 66.0 Å². The molecular weight excluding hydrogens is 365 g/mol. The summed E-state index contributed by atoms with van der Waals surface area (Å²) in [5, 5.41) is 4.54. The van der Waals surface area contributed by atoms with E-state index in [2.05, 4.69) is 29.7 Å². The molecule has 1 heterocycles. The lowest BCUT2D eigenvalue weighted by Gasteiger charge is -2.19. The van der Waals surface area contributed by atoms with Crippen LogP contribution in [0.15, 0.2) is 54.7 Å². The van der Waals surface area contributed by atoms with Crippen LogP contribution >= 0.6 is 0 Å². The van der Waals surface area contributed by atoms with Gasteiger partial charge in [0.25, 0.3) is 0 Å². The molecule has 3 rings (SSSR count). The van der Waals surface area contributed by atoms with Gasteiger partial charge in [0.1, 0.15) is 5.75 Å². The topological polar surface area (TPSA) is 27.1 Å². The highest BCUT2D eigenvalue weighted by Gasteiger charge is 2.31. The molecule has 0 aliphatic heterocycles. The summed E-state index contributed by atoms with van der Waals surface area (Å²) in [7, 11) is 0. The molecule has 0 bridgehead atoms. The van der Waals surface area contributed by atoms with E-state index < -0.39 is 6.36 Å². The van der Waals surface area contributed by atoms with Gasteiger partial charge < -0.3 is 4.74 Å². The highest BCUT2D eigenvalue weighted by atomic mass is 19.4. The van der Waals surface area contributed by atoms with Crippen molar-refractivity contribution < 1.29 is 17.9 Å². The Morgan fingerprint density at radius 2 is 1.71 bits per heavy atom. The van der Waals surface area contributed by atoms with Gasteiger partial charge >= 0.3 is 6.36 Å². The first kappa shape index (κ1) is 20.0. The predicted molar refractivity (Wildman–Crippen MR) is 104 cm³/mol. The van der Waals surface area contributed by atoms with E-state index in [1.807, 2.05) is 36.0 Å². The van der Waals surface area contributed by atoms with E-state index >= 15 is 0 Å². The van der Waals surface area contributed by atoms with Crippen LogP contribution < -0.4 is 4.74 Å². The van der Waals surface area contributed by atoms with Gasteiger partial charge in [-0.2, -0.15) is 5.10 Å². The molecule has 0 radical (unpaired) electrons. The van der Waals surface area contributed by atoms with E-state index in [1.165, 1.54) is 17.7 Å². The lowest BCUT2D eigenvalue weighted by Crippen LogP contribution is -2.17. The standard InChI is InChI=1S/C22H23F3N2O/c1-4-16(5-2)20-10-9-18(14-21(20)27-12-11-15(3)26-27)17-7-6-8-19(13-17)28-22(23,24)25/h6-14,16H,4-5H2,1-3H3. The lowest BCUT2D eigenvalue weighted by atomic mass is 9.90. The molecule has 1 aromatic heterocycles. The van der Waals surface area contributed by atoms with Crippen LogP contribution in [0.25, 0.3) is 16.8 Å². The van der Waals surface area contributed by atoms with Crippen molar-refractivity contribution in [1.82, 2.24) is 9.78 Å². The Labute approximate surface area is 162 Å². The number of halogens is 3. The maximum Gasteiger partial charge on any atom is 0.573 e. The molecule has 28 heavy (non-hydrogen) atoms. The second-order valence-electron chi connectivity index (χ2n) is 6.76. The molecule has 0 aliphatic rings. The number of alkyl halides is 3. The smallest absolute Gasteiger partial charge is 0.406 e. The quantitative estimate of drug-likeness (QED) is 0.473. The molecule has 0 aliphatic carbocycles. The fraction of sp³-hybridized carbons (Fsp3) is 0.318. The van der Waals surface area contributed by atoms with Crippen LogP contribution in [0, 0.1) is 6.92 Å². The molecule has 3 nitrogen and oxygen atoms in total. The summed E-state index contributed by atoms with van der Waals surface area (Å²) < 4.78 is 43.5. The van der Waals surface area contributed by atoms with E-state index in [9.17, 15) is 13.2 Å². The first-order chi connectivity index (χ1) is 13.3. The fourth-order valence-corrected chi connectivity index (χ4v) is 3.42. The van der Waals surface area contributed by atoms with E-state index in [4.69, 9.17) is 0 Å². The van der Waals surface area contributed by atoms with Crippen molar-refractivity contribution in [3.63, 3.8) is 0 Å². The summed E-state index contributed by atoms with van der Waals surface area (Å²) in [6.07, 6.45) is -0.810. The molecular formula is C22H23F3N2O. The number of aromatic nitrogens is 2. The van der Waals surface area contributed by atoms with E-state index in [1.54, 1.807) is 12.1 Å². The summed E-state index contributed by atoms with van der Waals surface area (Å²) in [6.45, 7) is 6.23. The van der Waals surface area contributed by atoms with Crippen LogP contribution in [-0.4, -0.2) is 16.1 Å². The Hall–Kier alpha value is -2.76. The third-order valence-corrected chi connectivity index (χ3v) is 4.83. The molecule has 6 heteroatoms. The van der Waals surface area contributed by atoms with Gasteiger partial charge in [-0.05, 0) is 66.6 Å². The summed E-state index contributed by atoms with van der Waals surface area (Å²) in [6, 6.07) is 13.9. The van der Waals surface area contributed by atoms with Crippen molar-refractivity contribution in [1.29, 1.82) is 0 Å². The zero-order chi connectivity index (χ0) is 20.3. The third kappa shape index (κ3) is 4.55. The zero-order valence-corrected chi connectivity index (χ0v) is 16.1. The molecule has 0 saturated carbocycles. The minimum Gasteiger partial charge on any atom is -0.406 e. The van der Waals surface area contributed by atoms with Gasteiger partial charge in [0, 0.05) is 6.20 Å². The molecule has 2 aromatic carbocycles. The molecule has 0 atom stereocenters. The van der Waals surface area contributed by atoms with E-state index in [0.717, 1.165) is 29.8 Å². The molecule has 3 aromatic rings. The molecule has 0 unspecified atom stereocenters. The number of rotatable bonds is 6. The molecule has 0 amide bonds. The lowest BCUT2D eigenvalue weighted by molar-refractivity contribution is -0.274. The SMILES string of the molecule is CCC(CC)c1ccc(-c2cccc(OC(F)(F)F)c2)cc1-n1ccc(C)n1. The van der Waals surface area contributed by atoms with Crippen molar-refractivity contribution in [2.45, 2.75) is 45.9 Å². The molecule has 148 valence electrons. The molecule has 0 N–H and O–H groups in total. The van der Waals surface area contributed by atoms with Gasteiger partial charge in [0.2, 0.25) is 0 Å². The van der Waals surface area contributed by atoms with Crippen LogP contribution in [-0.2, 0) is 0 Å². The Bertz CT molecular complexity index is 943. The minimum atomic E-state index is -4.71. The summed E-state index contributed by atoms with van der Waals surface area (Å²) in [5.41, 5.74) is 4.50.